The first-order valence-electron chi connectivity index (χ1n) is 6.87. The SMILES string of the molecule is CN(Cc1ccccc1)C(=O)c1cnc2sc(N(C)C)nn12. The molecule has 2 aromatic heterocycles. The number of carbonyl (C=O) groups excluding carboxylic acids is 1. The number of hydrogen-bond acceptors (Lipinski definition) is 5. The van der Waals surface area contributed by atoms with Crippen LogP contribution in [0.2, 0.25) is 0 Å². The van der Waals surface area contributed by atoms with Crippen molar-refractivity contribution in [2.75, 3.05) is 26.0 Å². The molecule has 0 saturated heterocycles. The van der Waals surface area contributed by atoms with Crippen molar-refractivity contribution in [3.63, 3.8) is 0 Å². The third-order valence-corrected chi connectivity index (χ3v) is 4.38. The van der Waals surface area contributed by atoms with Crippen LogP contribution in [0.1, 0.15) is 16.1 Å². The van der Waals surface area contributed by atoms with Crippen molar-refractivity contribution in [1.29, 1.82) is 0 Å². The van der Waals surface area contributed by atoms with Gasteiger partial charge in [0.05, 0.1) is 6.20 Å². The summed E-state index contributed by atoms with van der Waals surface area (Å²) in [4.78, 5) is 21.2. The molecule has 0 saturated carbocycles. The number of hydrogen-bond donors (Lipinski definition) is 0. The molecule has 0 bridgehead atoms. The Morgan fingerprint density at radius 1 is 1.23 bits per heavy atom. The molecule has 6 nitrogen and oxygen atoms in total. The van der Waals surface area contributed by atoms with Gasteiger partial charge in [0, 0.05) is 27.7 Å². The first kappa shape index (κ1) is 14.5. The molecule has 0 fully saturated rings. The summed E-state index contributed by atoms with van der Waals surface area (Å²) in [5, 5.41) is 5.26. The highest BCUT2D eigenvalue weighted by molar-refractivity contribution is 7.20. The lowest BCUT2D eigenvalue weighted by Crippen LogP contribution is -2.27. The van der Waals surface area contributed by atoms with Crippen LogP contribution in [0.4, 0.5) is 5.13 Å². The lowest BCUT2D eigenvalue weighted by atomic mass is 10.2. The van der Waals surface area contributed by atoms with Gasteiger partial charge >= 0.3 is 0 Å². The smallest absolute Gasteiger partial charge is 0.274 e. The minimum absolute atomic E-state index is 0.0908. The zero-order chi connectivity index (χ0) is 15.7. The lowest BCUT2D eigenvalue weighted by Gasteiger charge is -2.16. The first-order chi connectivity index (χ1) is 10.6. The second-order valence-corrected chi connectivity index (χ2v) is 6.20. The Morgan fingerprint density at radius 3 is 2.64 bits per heavy atom. The quantitative estimate of drug-likeness (QED) is 0.740. The third kappa shape index (κ3) is 2.67. The van der Waals surface area contributed by atoms with Crippen LogP contribution in [0, 0.1) is 0 Å². The average molecular weight is 315 g/mol. The first-order valence-corrected chi connectivity index (χ1v) is 7.69. The molecule has 2 heterocycles. The van der Waals surface area contributed by atoms with E-state index in [0.717, 1.165) is 15.7 Å². The van der Waals surface area contributed by atoms with E-state index in [2.05, 4.69) is 10.1 Å². The number of fused-ring (bicyclic) bond motifs is 1. The molecule has 0 spiro atoms. The lowest BCUT2D eigenvalue weighted by molar-refractivity contribution is 0.0777. The normalized spacial score (nSPS) is 10.9. The molecular weight excluding hydrogens is 298 g/mol. The van der Waals surface area contributed by atoms with E-state index in [9.17, 15) is 4.79 Å². The maximum atomic E-state index is 12.6. The Hall–Kier alpha value is -2.41. The van der Waals surface area contributed by atoms with Gasteiger partial charge in [-0.3, -0.25) is 4.79 Å². The molecule has 0 N–H and O–H groups in total. The van der Waals surface area contributed by atoms with E-state index in [1.54, 1.807) is 22.7 Å². The molecule has 7 heteroatoms. The third-order valence-electron chi connectivity index (χ3n) is 3.29. The highest BCUT2D eigenvalue weighted by Gasteiger charge is 2.20. The summed E-state index contributed by atoms with van der Waals surface area (Å²) in [5.74, 6) is -0.0908. The van der Waals surface area contributed by atoms with E-state index < -0.39 is 0 Å². The van der Waals surface area contributed by atoms with E-state index in [-0.39, 0.29) is 5.91 Å². The highest BCUT2D eigenvalue weighted by Crippen LogP contribution is 2.22. The molecule has 0 aliphatic rings. The van der Waals surface area contributed by atoms with Gasteiger partial charge in [0.15, 0.2) is 5.69 Å². The van der Waals surface area contributed by atoms with Gasteiger partial charge in [-0.1, -0.05) is 41.7 Å². The highest BCUT2D eigenvalue weighted by atomic mass is 32.1. The molecule has 0 aliphatic heterocycles. The number of nitrogens with zero attached hydrogens (tertiary/aromatic N) is 5. The monoisotopic (exact) mass is 315 g/mol. The van der Waals surface area contributed by atoms with Crippen LogP contribution in [-0.4, -0.2) is 46.5 Å². The van der Waals surface area contributed by atoms with Crippen LogP contribution in [0.5, 0.6) is 0 Å². The van der Waals surface area contributed by atoms with Gasteiger partial charge in [-0.2, -0.15) is 4.52 Å². The van der Waals surface area contributed by atoms with Gasteiger partial charge in [-0.25, -0.2) is 4.98 Å². The Labute approximate surface area is 132 Å². The van der Waals surface area contributed by atoms with Gasteiger partial charge in [-0.05, 0) is 5.56 Å². The largest absolute Gasteiger partial charge is 0.353 e. The molecule has 0 unspecified atom stereocenters. The zero-order valence-electron chi connectivity index (χ0n) is 12.7. The van der Waals surface area contributed by atoms with Crippen molar-refractivity contribution in [3.8, 4) is 0 Å². The van der Waals surface area contributed by atoms with E-state index in [1.807, 2.05) is 49.3 Å². The van der Waals surface area contributed by atoms with Crippen LogP contribution in [0.15, 0.2) is 36.5 Å². The molecule has 1 aromatic carbocycles. The Kier molecular flexibility index (Phi) is 3.81. The van der Waals surface area contributed by atoms with E-state index in [0.29, 0.717) is 12.2 Å². The second kappa shape index (κ2) is 5.76. The fourth-order valence-corrected chi connectivity index (χ4v) is 2.93. The van der Waals surface area contributed by atoms with Crippen LogP contribution in [0.25, 0.3) is 4.96 Å². The Bertz CT molecular complexity index is 793. The topological polar surface area (TPSA) is 53.7 Å². The van der Waals surface area contributed by atoms with E-state index >= 15 is 0 Å². The van der Waals surface area contributed by atoms with Gasteiger partial charge in [0.25, 0.3) is 5.91 Å². The summed E-state index contributed by atoms with van der Waals surface area (Å²) in [7, 11) is 5.62. The molecule has 3 rings (SSSR count). The number of carbonyl (C=O) groups is 1. The maximum Gasteiger partial charge on any atom is 0.274 e. The minimum Gasteiger partial charge on any atom is -0.353 e. The fraction of sp³-hybridized carbons (Fsp3) is 0.267. The summed E-state index contributed by atoms with van der Waals surface area (Å²) in [6.45, 7) is 0.553. The summed E-state index contributed by atoms with van der Waals surface area (Å²) in [5.41, 5.74) is 1.57. The summed E-state index contributed by atoms with van der Waals surface area (Å²) < 4.78 is 1.61. The number of imidazole rings is 1. The van der Waals surface area contributed by atoms with Crippen molar-refractivity contribution in [1.82, 2.24) is 19.5 Å². The van der Waals surface area contributed by atoms with Crippen molar-refractivity contribution >= 4 is 27.3 Å². The molecule has 1 amide bonds. The Balaban J connectivity index is 1.85. The number of amides is 1. The zero-order valence-corrected chi connectivity index (χ0v) is 13.5. The van der Waals surface area contributed by atoms with Gasteiger partial charge < -0.3 is 9.80 Å². The number of aromatic nitrogens is 3. The molecule has 114 valence electrons. The Morgan fingerprint density at radius 2 is 1.95 bits per heavy atom. The summed E-state index contributed by atoms with van der Waals surface area (Å²) in [6, 6.07) is 9.90. The molecule has 0 radical (unpaired) electrons. The molecule has 3 aromatic rings. The van der Waals surface area contributed by atoms with E-state index in [4.69, 9.17) is 0 Å². The number of anilines is 1. The van der Waals surface area contributed by atoms with Crippen LogP contribution < -0.4 is 4.90 Å². The van der Waals surface area contributed by atoms with Crippen molar-refractivity contribution in [2.45, 2.75) is 6.54 Å². The number of benzene rings is 1. The van der Waals surface area contributed by atoms with Crippen molar-refractivity contribution in [3.05, 3.63) is 47.8 Å². The standard InChI is InChI=1S/C15H17N5OS/c1-18(2)15-17-20-12(9-16-14(20)22-15)13(21)19(3)10-11-7-5-4-6-8-11/h4-9H,10H2,1-3H3. The molecule has 0 aliphatic carbocycles. The van der Waals surface area contributed by atoms with Gasteiger partial charge in [0.1, 0.15) is 0 Å². The van der Waals surface area contributed by atoms with Crippen LogP contribution >= 0.6 is 11.3 Å². The number of rotatable bonds is 4. The van der Waals surface area contributed by atoms with Crippen LogP contribution in [0.3, 0.4) is 0 Å². The predicted molar refractivity (Wildman–Crippen MR) is 87.4 cm³/mol. The molecule has 0 atom stereocenters. The second-order valence-electron chi connectivity index (χ2n) is 5.26. The fourth-order valence-electron chi connectivity index (χ4n) is 2.13. The molecule has 22 heavy (non-hydrogen) atoms. The van der Waals surface area contributed by atoms with Crippen LogP contribution in [-0.2, 0) is 6.54 Å². The summed E-state index contributed by atoms with van der Waals surface area (Å²) >= 11 is 1.46. The summed E-state index contributed by atoms with van der Waals surface area (Å²) in [6.07, 6.45) is 1.59. The molecular formula is C15H17N5OS. The van der Waals surface area contributed by atoms with Crippen molar-refractivity contribution < 1.29 is 4.79 Å². The minimum atomic E-state index is -0.0908. The van der Waals surface area contributed by atoms with Crippen molar-refractivity contribution in [2.24, 2.45) is 0 Å². The maximum absolute atomic E-state index is 12.6. The van der Waals surface area contributed by atoms with Gasteiger partial charge in [-0.15, -0.1) is 5.10 Å². The average Bonchev–Trinajstić information content (AvgIpc) is 3.07. The van der Waals surface area contributed by atoms with E-state index in [1.165, 1.54) is 11.3 Å². The predicted octanol–water partition coefficient (Wildman–Crippen LogP) is 2.13. The van der Waals surface area contributed by atoms with Gasteiger partial charge in [0.2, 0.25) is 10.1 Å².